The molecule has 5 nitrogen and oxygen atoms in total. The minimum Gasteiger partial charge on any atom is -0.335 e. The van der Waals surface area contributed by atoms with Crippen LogP contribution in [0, 0.1) is 0 Å². The van der Waals surface area contributed by atoms with E-state index in [1.807, 2.05) is 29.8 Å². The average molecular weight is 272 g/mol. The maximum Gasteiger partial charge on any atom is 0.315 e. The van der Waals surface area contributed by atoms with Crippen LogP contribution in [0.15, 0.2) is 24.5 Å². The van der Waals surface area contributed by atoms with Gasteiger partial charge in [0.15, 0.2) is 0 Å². The molecule has 2 amide bonds. The van der Waals surface area contributed by atoms with E-state index in [0.717, 1.165) is 29.4 Å². The van der Waals surface area contributed by atoms with E-state index < -0.39 is 0 Å². The number of rotatable bonds is 3. The molecule has 20 heavy (non-hydrogen) atoms. The van der Waals surface area contributed by atoms with E-state index in [9.17, 15) is 4.79 Å². The lowest BCUT2D eigenvalue weighted by Gasteiger charge is -2.13. The van der Waals surface area contributed by atoms with Gasteiger partial charge in [-0.3, -0.25) is 0 Å². The zero-order chi connectivity index (χ0) is 13.9. The van der Waals surface area contributed by atoms with Crippen LogP contribution in [0.4, 0.5) is 4.79 Å². The predicted octanol–water partition coefficient (Wildman–Crippen LogP) is 2.32. The summed E-state index contributed by atoms with van der Waals surface area (Å²) in [6.45, 7) is 0.533. The number of fused-ring (bicyclic) bond motifs is 1. The summed E-state index contributed by atoms with van der Waals surface area (Å²) in [5.41, 5.74) is 3.13. The van der Waals surface area contributed by atoms with Crippen molar-refractivity contribution in [3.05, 3.63) is 30.1 Å². The fraction of sp³-hybridized carbons (Fsp3) is 0.467. The molecule has 0 bridgehead atoms. The Bertz CT molecular complexity index is 613. The van der Waals surface area contributed by atoms with E-state index in [2.05, 4.69) is 15.6 Å². The van der Waals surface area contributed by atoms with Crippen molar-refractivity contribution >= 4 is 17.1 Å². The maximum absolute atomic E-state index is 11.8. The number of amides is 2. The zero-order valence-electron chi connectivity index (χ0n) is 11.7. The summed E-state index contributed by atoms with van der Waals surface area (Å²) in [6, 6.07) is 6.37. The first kappa shape index (κ1) is 13.0. The van der Waals surface area contributed by atoms with Crippen molar-refractivity contribution in [2.24, 2.45) is 7.05 Å². The highest BCUT2D eigenvalue weighted by Crippen LogP contribution is 2.17. The monoisotopic (exact) mass is 272 g/mol. The van der Waals surface area contributed by atoms with Gasteiger partial charge in [-0.05, 0) is 30.5 Å². The van der Waals surface area contributed by atoms with Crippen molar-refractivity contribution < 1.29 is 4.79 Å². The quantitative estimate of drug-likeness (QED) is 0.901. The molecule has 1 fully saturated rings. The Morgan fingerprint density at radius 1 is 1.40 bits per heavy atom. The topological polar surface area (TPSA) is 59.0 Å². The molecule has 1 aromatic carbocycles. The van der Waals surface area contributed by atoms with Crippen LogP contribution in [0.3, 0.4) is 0 Å². The number of benzene rings is 1. The molecular formula is C15H20N4O. The lowest BCUT2D eigenvalue weighted by atomic mass is 10.2. The highest BCUT2D eigenvalue weighted by molar-refractivity contribution is 5.77. The Balaban J connectivity index is 1.57. The molecule has 0 atom stereocenters. The van der Waals surface area contributed by atoms with Crippen LogP contribution in [-0.2, 0) is 13.6 Å². The highest BCUT2D eigenvalue weighted by atomic mass is 16.2. The summed E-state index contributed by atoms with van der Waals surface area (Å²) in [4.78, 5) is 16.1. The Morgan fingerprint density at radius 3 is 3.00 bits per heavy atom. The van der Waals surface area contributed by atoms with E-state index >= 15 is 0 Å². The first-order valence-corrected chi connectivity index (χ1v) is 7.17. The van der Waals surface area contributed by atoms with E-state index in [0.29, 0.717) is 12.6 Å². The van der Waals surface area contributed by atoms with E-state index in [4.69, 9.17) is 0 Å². The maximum atomic E-state index is 11.8. The van der Waals surface area contributed by atoms with Gasteiger partial charge in [-0.15, -0.1) is 0 Å². The zero-order valence-corrected chi connectivity index (χ0v) is 11.7. The van der Waals surface area contributed by atoms with Crippen molar-refractivity contribution in [1.82, 2.24) is 20.2 Å². The van der Waals surface area contributed by atoms with Gasteiger partial charge in [-0.2, -0.15) is 0 Å². The third kappa shape index (κ3) is 2.76. The van der Waals surface area contributed by atoms with Crippen molar-refractivity contribution in [2.45, 2.75) is 38.3 Å². The van der Waals surface area contributed by atoms with Crippen LogP contribution in [0.5, 0.6) is 0 Å². The van der Waals surface area contributed by atoms with Crippen molar-refractivity contribution in [3.63, 3.8) is 0 Å². The number of nitrogens with one attached hydrogen (secondary N) is 2. The van der Waals surface area contributed by atoms with Crippen molar-refractivity contribution in [1.29, 1.82) is 0 Å². The van der Waals surface area contributed by atoms with Gasteiger partial charge < -0.3 is 15.2 Å². The Hall–Kier alpha value is -2.04. The van der Waals surface area contributed by atoms with Gasteiger partial charge in [0, 0.05) is 19.6 Å². The molecule has 0 spiro atoms. The number of aromatic nitrogens is 2. The van der Waals surface area contributed by atoms with Crippen LogP contribution in [-0.4, -0.2) is 21.6 Å². The number of urea groups is 1. The normalized spacial score (nSPS) is 15.7. The van der Waals surface area contributed by atoms with E-state index in [1.54, 1.807) is 6.33 Å². The molecule has 2 aromatic rings. The summed E-state index contributed by atoms with van der Waals surface area (Å²) >= 11 is 0. The Morgan fingerprint density at radius 2 is 2.20 bits per heavy atom. The molecule has 1 heterocycles. The lowest BCUT2D eigenvalue weighted by molar-refractivity contribution is 0.236. The Labute approximate surface area is 118 Å². The molecule has 106 valence electrons. The van der Waals surface area contributed by atoms with Crippen LogP contribution in [0.25, 0.3) is 11.0 Å². The molecule has 1 saturated carbocycles. The van der Waals surface area contributed by atoms with Crippen LogP contribution >= 0.6 is 0 Å². The van der Waals surface area contributed by atoms with E-state index in [-0.39, 0.29) is 6.03 Å². The summed E-state index contributed by atoms with van der Waals surface area (Å²) < 4.78 is 1.99. The van der Waals surface area contributed by atoms with Gasteiger partial charge in [0.05, 0.1) is 17.4 Å². The fourth-order valence-electron chi connectivity index (χ4n) is 2.78. The highest BCUT2D eigenvalue weighted by Gasteiger charge is 2.16. The van der Waals surface area contributed by atoms with Gasteiger partial charge in [-0.25, -0.2) is 9.78 Å². The van der Waals surface area contributed by atoms with Crippen molar-refractivity contribution in [3.8, 4) is 0 Å². The average Bonchev–Trinajstić information content (AvgIpc) is 3.07. The number of aryl methyl sites for hydroxylation is 1. The van der Waals surface area contributed by atoms with Gasteiger partial charge in [-0.1, -0.05) is 18.9 Å². The first-order chi connectivity index (χ1) is 9.72. The molecule has 0 saturated heterocycles. The van der Waals surface area contributed by atoms with Crippen LogP contribution in [0.2, 0.25) is 0 Å². The van der Waals surface area contributed by atoms with Crippen molar-refractivity contribution in [2.75, 3.05) is 0 Å². The summed E-state index contributed by atoms with van der Waals surface area (Å²) in [5, 5.41) is 5.93. The summed E-state index contributed by atoms with van der Waals surface area (Å²) in [7, 11) is 1.97. The second-order valence-corrected chi connectivity index (χ2v) is 5.49. The molecular weight excluding hydrogens is 252 g/mol. The molecule has 2 N–H and O–H groups in total. The standard InChI is InChI=1S/C15H20N4O/c1-19-10-17-13-8-11(6-7-14(13)19)9-16-15(20)18-12-4-2-3-5-12/h6-8,10,12H,2-5,9H2,1H3,(H2,16,18,20). The number of carbonyl (C=O) groups is 1. The number of nitrogens with zero attached hydrogens (tertiary/aromatic N) is 2. The molecule has 0 radical (unpaired) electrons. The third-order valence-corrected chi connectivity index (χ3v) is 3.93. The Kier molecular flexibility index (Phi) is 3.58. The largest absolute Gasteiger partial charge is 0.335 e. The predicted molar refractivity (Wildman–Crippen MR) is 78.3 cm³/mol. The second kappa shape index (κ2) is 5.53. The minimum absolute atomic E-state index is 0.0713. The van der Waals surface area contributed by atoms with E-state index in [1.165, 1.54) is 12.8 Å². The third-order valence-electron chi connectivity index (χ3n) is 3.93. The smallest absolute Gasteiger partial charge is 0.315 e. The SMILES string of the molecule is Cn1cnc2cc(CNC(=O)NC3CCCC3)ccc21. The number of carbonyl (C=O) groups excluding carboxylic acids is 1. The number of hydrogen-bond acceptors (Lipinski definition) is 2. The molecule has 0 aliphatic heterocycles. The lowest BCUT2D eigenvalue weighted by Crippen LogP contribution is -2.40. The summed E-state index contributed by atoms with van der Waals surface area (Å²) in [5.74, 6) is 0. The van der Waals surface area contributed by atoms with Gasteiger partial charge >= 0.3 is 6.03 Å². The van der Waals surface area contributed by atoms with Gasteiger partial charge in [0.1, 0.15) is 0 Å². The molecule has 5 heteroatoms. The first-order valence-electron chi connectivity index (χ1n) is 7.17. The fourth-order valence-corrected chi connectivity index (χ4v) is 2.78. The van der Waals surface area contributed by atoms with Gasteiger partial charge in [0.2, 0.25) is 0 Å². The molecule has 1 aromatic heterocycles. The molecule has 1 aliphatic carbocycles. The number of imidazole rings is 1. The van der Waals surface area contributed by atoms with Gasteiger partial charge in [0.25, 0.3) is 0 Å². The molecule has 0 unspecified atom stereocenters. The summed E-state index contributed by atoms with van der Waals surface area (Å²) in [6.07, 6.45) is 6.46. The molecule has 1 aliphatic rings. The number of hydrogen-bond donors (Lipinski definition) is 2. The second-order valence-electron chi connectivity index (χ2n) is 5.49. The van der Waals surface area contributed by atoms with Crippen LogP contribution in [0.1, 0.15) is 31.2 Å². The minimum atomic E-state index is -0.0713. The van der Waals surface area contributed by atoms with Crippen LogP contribution < -0.4 is 10.6 Å². The molecule has 3 rings (SSSR count).